The molecule has 0 amide bonds. The summed E-state index contributed by atoms with van der Waals surface area (Å²) in [5.41, 5.74) is 7.61. The fourth-order valence-corrected chi connectivity index (χ4v) is 2.62. The second kappa shape index (κ2) is 4.53. The van der Waals surface area contributed by atoms with Crippen molar-refractivity contribution in [3.8, 4) is 0 Å². The Morgan fingerprint density at radius 2 is 2.29 bits per heavy atom. The Bertz CT molecular complexity index is 389. The van der Waals surface area contributed by atoms with Crippen LogP contribution in [0.4, 0.5) is 11.4 Å². The summed E-state index contributed by atoms with van der Waals surface area (Å²) in [7, 11) is 0. The lowest BCUT2D eigenvalue weighted by molar-refractivity contribution is 0.316. The highest BCUT2D eigenvalue weighted by atomic mass is 15.2. The number of pyridine rings is 1. The molecule has 92 valence electrons. The number of hydrogen-bond acceptors (Lipinski definition) is 4. The van der Waals surface area contributed by atoms with Crippen LogP contribution in [0.3, 0.4) is 0 Å². The molecule has 1 saturated carbocycles. The lowest BCUT2D eigenvalue weighted by atomic mass is 10.1. The third-order valence-corrected chi connectivity index (χ3v) is 3.81. The second-order valence-corrected chi connectivity index (χ2v) is 5.22. The number of nitrogens with two attached hydrogens (primary N) is 1. The molecule has 2 fully saturated rings. The molecule has 2 heterocycles. The Kier molecular flexibility index (Phi) is 2.89. The molecule has 0 radical (unpaired) electrons. The van der Waals surface area contributed by atoms with Crippen LogP contribution in [0, 0.1) is 5.92 Å². The van der Waals surface area contributed by atoms with Crippen LogP contribution >= 0.6 is 0 Å². The number of rotatable bonds is 4. The highest BCUT2D eigenvalue weighted by Gasteiger charge is 2.34. The average molecular weight is 232 g/mol. The summed E-state index contributed by atoms with van der Waals surface area (Å²) >= 11 is 0. The predicted octanol–water partition coefficient (Wildman–Crippen LogP) is 1.56. The summed E-state index contributed by atoms with van der Waals surface area (Å²) in [5.74, 6) is 0.767. The van der Waals surface area contributed by atoms with Crippen LogP contribution in [-0.2, 0) is 0 Å². The van der Waals surface area contributed by atoms with Gasteiger partial charge in [0.05, 0.1) is 17.6 Å². The Morgan fingerprint density at radius 1 is 1.41 bits per heavy atom. The van der Waals surface area contributed by atoms with E-state index < -0.39 is 0 Å². The van der Waals surface area contributed by atoms with E-state index in [0.29, 0.717) is 0 Å². The minimum Gasteiger partial charge on any atom is -0.396 e. The standard InChI is InChI=1S/C13H20N4/c14-12-8-15-5-3-13(12)16-7-10-4-6-17(9-10)11-1-2-11/h3,5,8,10-11H,1-2,4,6-7,9,14H2,(H,15,16). The van der Waals surface area contributed by atoms with Gasteiger partial charge in [-0.15, -0.1) is 0 Å². The zero-order chi connectivity index (χ0) is 11.7. The summed E-state index contributed by atoms with van der Waals surface area (Å²) in [6.07, 6.45) is 7.63. The Hall–Kier alpha value is -1.29. The molecule has 1 saturated heterocycles. The third-order valence-electron chi connectivity index (χ3n) is 3.81. The number of nitrogen functional groups attached to an aromatic ring is 1. The van der Waals surface area contributed by atoms with E-state index in [1.54, 1.807) is 12.4 Å². The van der Waals surface area contributed by atoms with Crippen molar-refractivity contribution < 1.29 is 0 Å². The first-order valence-electron chi connectivity index (χ1n) is 6.50. The van der Waals surface area contributed by atoms with Gasteiger partial charge in [-0.1, -0.05) is 0 Å². The number of likely N-dealkylation sites (tertiary alicyclic amines) is 1. The van der Waals surface area contributed by atoms with Crippen LogP contribution in [0.5, 0.6) is 0 Å². The fourth-order valence-electron chi connectivity index (χ4n) is 2.62. The molecule has 1 aliphatic heterocycles. The predicted molar refractivity (Wildman–Crippen MR) is 69.8 cm³/mol. The second-order valence-electron chi connectivity index (χ2n) is 5.22. The summed E-state index contributed by atoms with van der Waals surface area (Å²) in [4.78, 5) is 6.64. The van der Waals surface area contributed by atoms with Crippen molar-refractivity contribution in [1.29, 1.82) is 0 Å². The molecule has 0 aromatic carbocycles. The zero-order valence-corrected chi connectivity index (χ0v) is 10.1. The number of nitrogens with one attached hydrogen (secondary N) is 1. The van der Waals surface area contributed by atoms with Crippen molar-refractivity contribution >= 4 is 11.4 Å². The maximum Gasteiger partial charge on any atom is 0.0736 e. The summed E-state index contributed by atoms with van der Waals surface area (Å²) in [5, 5.41) is 3.44. The summed E-state index contributed by atoms with van der Waals surface area (Å²) in [6.45, 7) is 3.56. The van der Waals surface area contributed by atoms with E-state index in [2.05, 4.69) is 15.2 Å². The zero-order valence-electron chi connectivity index (χ0n) is 10.1. The highest BCUT2D eigenvalue weighted by molar-refractivity contribution is 5.64. The molecule has 4 heteroatoms. The summed E-state index contributed by atoms with van der Waals surface area (Å²) < 4.78 is 0. The van der Waals surface area contributed by atoms with Gasteiger partial charge >= 0.3 is 0 Å². The Morgan fingerprint density at radius 3 is 3.06 bits per heavy atom. The van der Waals surface area contributed by atoms with Gasteiger partial charge in [-0.25, -0.2) is 0 Å². The molecule has 17 heavy (non-hydrogen) atoms. The first kappa shape index (κ1) is 10.8. The van der Waals surface area contributed by atoms with Gasteiger partial charge in [0.1, 0.15) is 0 Å². The molecule has 0 bridgehead atoms. The van der Waals surface area contributed by atoms with Crippen LogP contribution in [0.1, 0.15) is 19.3 Å². The molecular formula is C13H20N4. The lowest BCUT2D eigenvalue weighted by Crippen LogP contribution is -2.24. The van der Waals surface area contributed by atoms with Gasteiger partial charge in [0.15, 0.2) is 0 Å². The molecule has 2 aliphatic rings. The molecule has 4 nitrogen and oxygen atoms in total. The molecule has 1 aromatic heterocycles. The molecule has 3 N–H and O–H groups in total. The largest absolute Gasteiger partial charge is 0.396 e. The average Bonchev–Trinajstić information content (AvgIpc) is 3.08. The number of hydrogen-bond donors (Lipinski definition) is 2. The van der Waals surface area contributed by atoms with Gasteiger partial charge in [-0.2, -0.15) is 0 Å². The maximum atomic E-state index is 5.86. The van der Waals surface area contributed by atoms with Gasteiger partial charge < -0.3 is 16.0 Å². The van der Waals surface area contributed by atoms with Gasteiger partial charge in [-0.3, -0.25) is 4.98 Å². The maximum absolute atomic E-state index is 5.86. The van der Waals surface area contributed by atoms with Crippen LogP contribution in [-0.4, -0.2) is 35.6 Å². The van der Waals surface area contributed by atoms with Gasteiger partial charge in [0.2, 0.25) is 0 Å². The highest BCUT2D eigenvalue weighted by Crippen LogP contribution is 2.31. The minimum atomic E-state index is 0.740. The molecule has 0 spiro atoms. The number of anilines is 2. The van der Waals surface area contributed by atoms with E-state index in [1.807, 2.05) is 6.07 Å². The quantitative estimate of drug-likeness (QED) is 0.827. The van der Waals surface area contributed by atoms with Crippen LogP contribution in [0.15, 0.2) is 18.5 Å². The number of aromatic nitrogens is 1. The monoisotopic (exact) mass is 232 g/mol. The van der Waals surface area contributed by atoms with Crippen LogP contribution < -0.4 is 11.1 Å². The van der Waals surface area contributed by atoms with Crippen molar-refractivity contribution in [2.45, 2.75) is 25.3 Å². The molecule has 1 unspecified atom stereocenters. The first-order chi connectivity index (χ1) is 8.33. The van der Waals surface area contributed by atoms with Crippen molar-refractivity contribution in [3.63, 3.8) is 0 Å². The van der Waals surface area contributed by atoms with E-state index in [0.717, 1.165) is 29.9 Å². The molecule has 3 rings (SSSR count). The van der Waals surface area contributed by atoms with E-state index in [-0.39, 0.29) is 0 Å². The van der Waals surface area contributed by atoms with E-state index >= 15 is 0 Å². The number of nitrogens with zero attached hydrogens (tertiary/aromatic N) is 2. The third kappa shape index (κ3) is 2.52. The Labute approximate surface area is 102 Å². The molecule has 1 aliphatic carbocycles. The Balaban J connectivity index is 1.50. The summed E-state index contributed by atoms with van der Waals surface area (Å²) in [6, 6.07) is 2.86. The SMILES string of the molecule is Nc1cnccc1NCC1CCN(C2CC2)C1. The van der Waals surface area contributed by atoms with Crippen molar-refractivity contribution in [1.82, 2.24) is 9.88 Å². The molecule has 1 aromatic rings. The van der Waals surface area contributed by atoms with E-state index in [4.69, 9.17) is 5.73 Å². The van der Waals surface area contributed by atoms with Gasteiger partial charge in [-0.05, 0) is 37.8 Å². The lowest BCUT2D eigenvalue weighted by Gasteiger charge is -2.16. The van der Waals surface area contributed by atoms with Crippen molar-refractivity contribution in [2.24, 2.45) is 5.92 Å². The van der Waals surface area contributed by atoms with Gasteiger partial charge in [0, 0.05) is 25.3 Å². The molecule has 1 atom stereocenters. The van der Waals surface area contributed by atoms with E-state index in [1.165, 1.54) is 32.4 Å². The van der Waals surface area contributed by atoms with Crippen molar-refractivity contribution in [3.05, 3.63) is 18.5 Å². The smallest absolute Gasteiger partial charge is 0.0736 e. The fraction of sp³-hybridized carbons (Fsp3) is 0.615. The van der Waals surface area contributed by atoms with Crippen molar-refractivity contribution in [2.75, 3.05) is 30.7 Å². The van der Waals surface area contributed by atoms with E-state index in [9.17, 15) is 0 Å². The van der Waals surface area contributed by atoms with Crippen LogP contribution in [0.2, 0.25) is 0 Å². The first-order valence-corrected chi connectivity index (χ1v) is 6.50. The normalized spacial score (nSPS) is 25.1. The minimum absolute atomic E-state index is 0.740. The molecular weight excluding hydrogens is 212 g/mol. The van der Waals surface area contributed by atoms with Crippen LogP contribution in [0.25, 0.3) is 0 Å². The van der Waals surface area contributed by atoms with Gasteiger partial charge in [0.25, 0.3) is 0 Å². The topological polar surface area (TPSA) is 54.2 Å².